The van der Waals surface area contributed by atoms with Crippen LogP contribution in [-0.4, -0.2) is 37.2 Å². The molecule has 1 aromatic rings. The Morgan fingerprint density at radius 2 is 2.00 bits per heavy atom. The van der Waals surface area contributed by atoms with E-state index >= 15 is 0 Å². The summed E-state index contributed by atoms with van der Waals surface area (Å²) in [7, 11) is 0. The highest BCUT2D eigenvalue weighted by atomic mass is 16.5. The van der Waals surface area contributed by atoms with Gasteiger partial charge < -0.3 is 10.5 Å². The van der Waals surface area contributed by atoms with E-state index in [1.54, 1.807) is 0 Å². The highest BCUT2D eigenvalue weighted by molar-refractivity contribution is 5.37. The second-order valence-electron chi connectivity index (χ2n) is 6.23. The van der Waals surface area contributed by atoms with E-state index in [-0.39, 0.29) is 6.04 Å². The molecular weight excluding hydrogens is 260 g/mol. The molecule has 1 unspecified atom stereocenters. The van der Waals surface area contributed by atoms with Gasteiger partial charge in [-0.3, -0.25) is 4.90 Å². The third-order valence-corrected chi connectivity index (χ3v) is 4.34. The molecule has 1 aliphatic heterocycles. The van der Waals surface area contributed by atoms with E-state index in [9.17, 15) is 0 Å². The number of piperidine rings is 1. The number of benzene rings is 1. The maximum Gasteiger partial charge on any atom is 0.122 e. The van der Waals surface area contributed by atoms with Crippen LogP contribution in [0.1, 0.15) is 43.7 Å². The van der Waals surface area contributed by atoms with Crippen LogP contribution in [0, 0.1) is 6.92 Å². The minimum Gasteiger partial charge on any atom is -0.492 e. The van der Waals surface area contributed by atoms with Crippen LogP contribution < -0.4 is 10.5 Å². The Morgan fingerprint density at radius 1 is 1.24 bits per heavy atom. The summed E-state index contributed by atoms with van der Waals surface area (Å²) in [5.41, 5.74) is 8.63. The smallest absolute Gasteiger partial charge is 0.122 e. The molecule has 0 aliphatic carbocycles. The number of likely N-dealkylation sites (tertiary alicyclic amines) is 1. The normalized spacial score (nSPS) is 17.7. The molecule has 3 nitrogen and oxygen atoms in total. The molecule has 1 atom stereocenters. The van der Waals surface area contributed by atoms with Crippen LogP contribution in [0.25, 0.3) is 0 Å². The van der Waals surface area contributed by atoms with E-state index in [2.05, 4.69) is 36.9 Å². The van der Waals surface area contributed by atoms with Crippen LogP contribution in [-0.2, 0) is 6.42 Å². The van der Waals surface area contributed by atoms with Crippen molar-refractivity contribution in [3.8, 4) is 5.75 Å². The molecule has 1 saturated heterocycles. The van der Waals surface area contributed by atoms with E-state index in [0.717, 1.165) is 31.7 Å². The lowest BCUT2D eigenvalue weighted by Crippen LogP contribution is -2.33. The van der Waals surface area contributed by atoms with Crippen LogP contribution in [0.2, 0.25) is 0 Å². The molecule has 1 fully saturated rings. The number of rotatable bonds is 7. The number of ether oxygens (including phenoxy) is 1. The van der Waals surface area contributed by atoms with Gasteiger partial charge in [-0.1, -0.05) is 31.0 Å². The number of hydrogen-bond donors (Lipinski definition) is 1. The van der Waals surface area contributed by atoms with Gasteiger partial charge in [0.05, 0.1) is 0 Å². The van der Waals surface area contributed by atoms with Gasteiger partial charge in [-0.05, 0) is 57.3 Å². The summed E-state index contributed by atoms with van der Waals surface area (Å²) in [4.78, 5) is 2.51. The van der Waals surface area contributed by atoms with Gasteiger partial charge in [0.15, 0.2) is 0 Å². The lowest BCUT2D eigenvalue weighted by atomic mass is 10.0. The van der Waals surface area contributed by atoms with Gasteiger partial charge in [-0.25, -0.2) is 0 Å². The lowest BCUT2D eigenvalue weighted by molar-refractivity contribution is 0.182. The van der Waals surface area contributed by atoms with Crippen molar-refractivity contribution in [2.45, 2.75) is 52.0 Å². The van der Waals surface area contributed by atoms with Gasteiger partial charge in [-0.2, -0.15) is 0 Å². The number of nitrogens with two attached hydrogens (primary N) is 1. The predicted octanol–water partition coefficient (Wildman–Crippen LogP) is 3.14. The van der Waals surface area contributed by atoms with Gasteiger partial charge in [0, 0.05) is 12.6 Å². The van der Waals surface area contributed by atoms with Crippen molar-refractivity contribution in [3.63, 3.8) is 0 Å². The number of nitrogens with zero attached hydrogens (tertiary/aromatic N) is 1. The van der Waals surface area contributed by atoms with E-state index in [0.29, 0.717) is 0 Å². The molecule has 0 saturated carbocycles. The Morgan fingerprint density at radius 3 is 2.71 bits per heavy atom. The van der Waals surface area contributed by atoms with Gasteiger partial charge in [-0.15, -0.1) is 0 Å². The highest BCUT2D eigenvalue weighted by Gasteiger charge is 2.11. The predicted molar refractivity (Wildman–Crippen MR) is 88.9 cm³/mol. The monoisotopic (exact) mass is 290 g/mol. The fourth-order valence-electron chi connectivity index (χ4n) is 2.90. The summed E-state index contributed by atoms with van der Waals surface area (Å²) in [6.07, 6.45) is 5.95. The standard InChI is InChI=1S/C18H30N2O/c1-3-17(19)14-16-13-15(2)7-8-18(16)21-12-11-20-9-5-4-6-10-20/h7-8,13,17H,3-6,9-12,14,19H2,1-2H3. The summed E-state index contributed by atoms with van der Waals surface area (Å²) in [6.45, 7) is 8.52. The zero-order valence-corrected chi connectivity index (χ0v) is 13.6. The fraction of sp³-hybridized carbons (Fsp3) is 0.667. The summed E-state index contributed by atoms with van der Waals surface area (Å²) >= 11 is 0. The second-order valence-corrected chi connectivity index (χ2v) is 6.23. The lowest BCUT2D eigenvalue weighted by Gasteiger charge is -2.26. The molecule has 0 bridgehead atoms. The minimum atomic E-state index is 0.219. The third-order valence-electron chi connectivity index (χ3n) is 4.34. The molecule has 0 spiro atoms. The Kier molecular flexibility index (Phi) is 6.52. The molecule has 2 rings (SSSR count). The van der Waals surface area contributed by atoms with Crippen molar-refractivity contribution in [2.75, 3.05) is 26.2 Å². The van der Waals surface area contributed by atoms with Crippen LogP contribution in [0.5, 0.6) is 5.75 Å². The molecular formula is C18H30N2O. The Hall–Kier alpha value is -1.06. The molecule has 1 aromatic carbocycles. The van der Waals surface area contributed by atoms with Crippen LogP contribution in [0.4, 0.5) is 0 Å². The van der Waals surface area contributed by atoms with Gasteiger partial charge in [0.25, 0.3) is 0 Å². The Labute approximate surface area is 129 Å². The third kappa shape index (κ3) is 5.33. The first kappa shape index (κ1) is 16.3. The van der Waals surface area contributed by atoms with E-state index < -0.39 is 0 Å². The molecule has 21 heavy (non-hydrogen) atoms. The van der Waals surface area contributed by atoms with Crippen molar-refractivity contribution >= 4 is 0 Å². The number of aryl methyl sites for hydroxylation is 1. The molecule has 2 N–H and O–H groups in total. The summed E-state index contributed by atoms with van der Waals surface area (Å²) in [6, 6.07) is 6.66. The maximum atomic E-state index is 6.11. The van der Waals surface area contributed by atoms with Crippen molar-refractivity contribution in [2.24, 2.45) is 5.73 Å². The molecule has 1 heterocycles. The van der Waals surface area contributed by atoms with Gasteiger partial charge in [0.2, 0.25) is 0 Å². The van der Waals surface area contributed by atoms with Crippen molar-refractivity contribution in [1.29, 1.82) is 0 Å². The van der Waals surface area contributed by atoms with E-state index in [1.165, 1.54) is 43.5 Å². The van der Waals surface area contributed by atoms with Crippen LogP contribution in [0.3, 0.4) is 0 Å². The molecule has 3 heteroatoms. The average Bonchev–Trinajstić information content (AvgIpc) is 2.50. The first-order valence-electron chi connectivity index (χ1n) is 8.39. The molecule has 0 radical (unpaired) electrons. The largest absolute Gasteiger partial charge is 0.492 e. The summed E-state index contributed by atoms with van der Waals surface area (Å²) < 4.78 is 6.04. The van der Waals surface area contributed by atoms with Crippen LogP contribution >= 0.6 is 0 Å². The highest BCUT2D eigenvalue weighted by Crippen LogP contribution is 2.22. The van der Waals surface area contributed by atoms with Gasteiger partial charge >= 0.3 is 0 Å². The van der Waals surface area contributed by atoms with Crippen molar-refractivity contribution in [3.05, 3.63) is 29.3 Å². The zero-order chi connectivity index (χ0) is 15.1. The molecule has 1 aliphatic rings. The quantitative estimate of drug-likeness (QED) is 0.838. The van der Waals surface area contributed by atoms with Crippen LogP contribution in [0.15, 0.2) is 18.2 Å². The maximum absolute atomic E-state index is 6.11. The van der Waals surface area contributed by atoms with Crippen molar-refractivity contribution in [1.82, 2.24) is 4.90 Å². The first-order valence-corrected chi connectivity index (χ1v) is 8.39. The average molecular weight is 290 g/mol. The van der Waals surface area contributed by atoms with E-state index in [1.807, 2.05) is 0 Å². The topological polar surface area (TPSA) is 38.5 Å². The zero-order valence-electron chi connectivity index (χ0n) is 13.6. The number of hydrogen-bond acceptors (Lipinski definition) is 3. The summed E-state index contributed by atoms with van der Waals surface area (Å²) in [5.74, 6) is 1.02. The molecule has 118 valence electrons. The first-order chi connectivity index (χ1) is 10.2. The minimum absolute atomic E-state index is 0.219. The fourth-order valence-corrected chi connectivity index (χ4v) is 2.90. The molecule has 0 aromatic heterocycles. The SMILES string of the molecule is CCC(N)Cc1cc(C)ccc1OCCN1CCCCC1. The van der Waals surface area contributed by atoms with Gasteiger partial charge in [0.1, 0.15) is 12.4 Å². The Bertz CT molecular complexity index is 427. The molecule has 0 amide bonds. The Balaban J connectivity index is 1.88. The summed E-state index contributed by atoms with van der Waals surface area (Å²) in [5, 5.41) is 0. The van der Waals surface area contributed by atoms with Crippen molar-refractivity contribution < 1.29 is 4.74 Å². The van der Waals surface area contributed by atoms with E-state index in [4.69, 9.17) is 10.5 Å². The second kappa shape index (κ2) is 8.40.